The van der Waals surface area contributed by atoms with Crippen LogP contribution in [0, 0.1) is 0 Å². The van der Waals surface area contributed by atoms with Gasteiger partial charge in [-0.25, -0.2) is 0 Å². The van der Waals surface area contributed by atoms with Crippen molar-refractivity contribution in [1.82, 2.24) is 15.5 Å². The first kappa shape index (κ1) is 23.9. The largest absolute Gasteiger partial charge is 0.385 e. The Bertz CT molecular complexity index is 479. The zero-order valence-corrected chi connectivity index (χ0v) is 18.5. The number of hydrogen-bond acceptors (Lipinski definition) is 4. The Balaban J connectivity index is 0.00000576. The van der Waals surface area contributed by atoms with Gasteiger partial charge in [-0.05, 0) is 31.2 Å². The lowest BCUT2D eigenvalue weighted by Crippen LogP contribution is -2.40. The monoisotopic (exact) mass is 463 g/mol. The molecule has 0 spiro atoms. The molecule has 0 amide bonds. The number of methoxy groups -OCH3 is 1. The highest BCUT2D eigenvalue weighted by atomic mass is 127. The Morgan fingerprint density at radius 3 is 2.32 bits per heavy atom. The number of halogens is 1. The number of ether oxygens (including phenoxy) is 1. The Kier molecular flexibility index (Phi) is 13.5. The van der Waals surface area contributed by atoms with E-state index in [0.717, 1.165) is 45.2 Å². The van der Waals surface area contributed by atoms with Crippen LogP contribution in [0.2, 0.25) is 0 Å². The highest BCUT2D eigenvalue weighted by Crippen LogP contribution is 2.11. The molecule has 144 valence electrons. The van der Waals surface area contributed by atoms with Gasteiger partial charge in [-0.15, -0.1) is 24.0 Å². The van der Waals surface area contributed by atoms with Crippen molar-refractivity contribution in [2.24, 2.45) is 4.99 Å². The number of rotatable bonds is 10. The predicted molar refractivity (Wildman–Crippen MR) is 118 cm³/mol. The van der Waals surface area contributed by atoms with Gasteiger partial charge in [0.1, 0.15) is 0 Å². The molecular formula is C18H34IN5O. The zero-order chi connectivity index (χ0) is 17.8. The van der Waals surface area contributed by atoms with E-state index in [2.05, 4.69) is 56.7 Å². The van der Waals surface area contributed by atoms with Crippen molar-refractivity contribution in [2.45, 2.75) is 13.0 Å². The van der Waals surface area contributed by atoms with E-state index >= 15 is 0 Å². The maximum atomic E-state index is 5.07. The van der Waals surface area contributed by atoms with Crippen LogP contribution in [-0.2, 0) is 11.3 Å². The minimum atomic E-state index is 0. The fourth-order valence-electron chi connectivity index (χ4n) is 2.27. The summed E-state index contributed by atoms with van der Waals surface area (Å²) in [5.41, 5.74) is 2.44. The first-order valence-corrected chi connectivity index (χ1v) is 8.45. The van der Waals surface area contributed by atoms with E-state index < -0.39 is 0 Å². The van der Waals surface area contributed by atoms with E-state index in [9.17, 15) is 0 Å². The van der Waals surface area contributed by atoms with Crippen LogP contribution in [-0.4, -0.2) is 72.4 Å². The maximum absolute atomic E-state index is 5.07. The van der Waals surface area contributed by atoms with E-state index in [0.29, 0.717) is 0 Å². The van der Waals surface area contributed by atoms with Crippen LogP contribution in [0.1, 0.15) is 12.0 Å². The molecule has 0 radical (unpaired) electrons. The highest BCUT2D eigenvalue weighted by Gasteiger charge is 2.01. The van der Waals surface area contributed by atoms with Crippen molar-refractivity contribution in [3.05, 3.63) is 29.8 Å². The molecule has 0 unspecified atom stereocenters. The lowest BCUT2D eigenvalue weighted by atomic mass is 10.2. The number of likely N-dealkylation sites (N-methyl/N-ethyl adjacent to an activating group) is 1. The Hall–Kier alpha value is -1.06. The summed E-state index contributed by atoms with van der Waals surface area (Å²) in [5, 5.41) is 6.70. The molecule has 1 aromatic carbocycles. The van der Waals surface area contributed by atoms with Crippen LogP contribution in [0.3, 0.4) is 0 Å². The second-order valence-corrected chi connectivity index (χ2v) is 6.06. The fraction of sp³-hybridized carbons (Fsp3) is 0.611. The molecule has 0 saturated heterocycles. The molecule has 0 fully saturated rings. The molecule has 0 saturated carbocycles. The van der Waals surface area contributed by atoms with Gasteiger partial charge in [0.05, 0.1) is 0 Å². The number of nitrogens with zero attached hydrogens (tertiary/aromatic N) is 3. The van der Waals surface area contributed by atoms with Gasteiger partial charge in [0.2, 0.25) is 0 Å². The number of aliphatic imine (C=N–C) groups is 1. The molecule has 0 aliphatic rings. The Labute approximate surface area is 170 Å². The average Bonchev–Trinajstić information content (AvgIpc) is 2.58. The lowest BCUT2D eigenvalue weighted by molar-refractivity contribution is 0.180. The lowest BCUT2D eigenvalue weighted by Gasteiger charge is -2.18. The summed E-state index contributed by atoms with van der Waals surface area (Å²) in [4.78, 5) is 8.66. The molecule has 25 heavy (non-hydrogen) atoms. The van der Waals surface area contributed by atoms with Crippen molar-refractivity contribution in [2.75, 3.05) is 66.4 Å². The second kappa shape index (κ2) is 14.1. The first-order chi connectivity index (χ1) is 11.6. The topological polar surface area (TPSA) is 52.1 Å². The standard InChI is InChI=1S/C18H33N5O.HI/c1-19-18(20-11-13-23(4)12-6-14-24-5)21-15-16-7-9-17(10-8-16)22(2)3;/h7-10H,6,11-15H2,1-5H3,(H2,19,20,21);1H. The molecule has 1 aromatic rings. The number of nitrogens with one attached hydrogen (secondary N) is 2. The SMILES string of the molecule is CN=C(NCCN(C)CCCOC)NCc1ccc(N(C)C)cc1.I. The van der Waals surface area contributed by atoms with Gasteiger partial charge in [-0.1, -0.05) is 12.1 Å². The van der Waals surface area contributed by atoms with Crippen LogP contribution in [0.4, 0.5) is 5.69 Å². The second-order valence-electron chi connectivity index (χ2n) is 6.06. The summed E-state index contributed by atoms with van der Waals surface area (Å²) in [6.45, 7) is 4.45. The van der Waals surface area contributed by atoms with Crippen molar-refractivity contribution in [1.29, 1.82) is 0 Å². The smallest absolute Gasteiger partial charge is 0.191 e. The summed E-state index contributed by atoms with van der Waals surface area (Å²) in [6.07, 6.45) is 1.06. The van der Waals surface area contributed by atoms with Crippen molar-refractivity contribution >= 4 is 35.6 Å². The number of benzene rings is 1. The first-order valence-electron chi connectivity index (χ1n) is 8.45. The molecule has 2 N–H and O–H groups in total. The van der Waals surface area contributed by atoms with Gasteiger partial charge >= 0.3 is 0 Å². The van der Waals surface area contributed by atoms with Gasteiger partial charge in [-0.3, -0.25) is 4.99 Å². The molecule has 1 rings (SSSR count). The number of hydrogen-bond donors (Lipinski definition) is 2. The quantitative estimate of drug-likeness (QED) is 0.241. The molecule has 0 aromatic heterocycles. The number of anilines is 1. The van der Waals surface area contributed by atoms with Gasteiger partial charge in [0.25, 0.3) is 0 Å². The minimum absolute atomic E-state index is 0. The van der Waals surface area contributed by atoms with Crippen LogP contribution in [0.5, 0.6) is 0 Å². The molecule has 0 atom stereocenters. The third-order valence-corrected chi connectivity index (χ3v) is 3.81. The number of guanidine groups is 1. The molecule has 0 bridgehead atoms. The van der Waals surface area contributed by atoms with E-state index in [4.69, 9.17) is 4.74 Å². The van der Waals surface area contributed by atoms with Crippen LogP contribution in [0.15, 0.2) is 29.3 Å². The van der Waals surface area contributed by atoms with Crippen LogP contribution in [0.25, 0.3) is 0 Å². The third-order valence-electron chi connectivity index (χ3n) is 3.81. The minimum Gasteiger partial charge on any atom is -0.385 e. The average molecular weight is 463 g/mol. The summed E-state index contributed by atoms with van der Waals surface area (Å²) >= 11 is 0. The van der Waals surface area contributed by atoms with Gasteiger partial charge in [-0.2, -0.15) is 0 Å². The molecule has 7 heteroatoms. The van der Waals surface area contributed by atoms with Crippen LogP contribution < -0.4 is 15.5 Å². The van der Waals surface area contributed by atoms with Crippen molar-refractivity contribution < 1.29 is 4.74 Å². The van der Waals surface area contributed by atoms with Gasteiger partial charge in [0, 0.05) is 66.7 Å². The summed E-state index contributed by atoms with van der Waals surface area (Å²) in [5.74, 6) is 0.831. The van der Waals surface area contributed by atoms with Crippen molar-refractivity contribution in [3.63, 3.8) is 0 Å². The van der Waals surface area contributed by atoms with E-state index in [1.807, 2.05) is 14.1 Å². The van der Waals surface area contributed by atoms with Gasteiger partial charge < -0.3 is 25.2 Å². The highest BCUT2D eigenvalue weighted by molar-refractivity contribution is 14.0. The Morgan fingerprint density at radius 2 is 1.76 bits per heavy atom. The van der Waals surface area contributed by atoms with Crippen LogP contribution >= 0.6 is 24.0 Å². The third kappa shape index (κ3) is 10.5. The predicted octanol–water partition coefficient (Wildman–Crippen LogP) is 2.00. The maximum Gasteiger partial charge on any atom is 0.191 e. The molecule has 6 nitrogen and oxygen atoms in total. The Morgan fingerprint density at radius 1 is 1.08 bits per heavy atom. The van der Waals surface area contributed by atoms with Crippen molar-refractivity contribution in [3.8, 4) is 0 Å². The van der Waals surface area contributed by atoms with E-state index in [-0.39, 0.29) is 24.0 Å². The van der Waals surface area contributed by atoms with E-state index in [1.54, 1.807) is 14.2 Å². The molecular weight excluding hydrogens is 429 g/mol. The summed E-state index contributed by atoms with van der Waals surface area (Å²) in [6, 6.07) is 8.53. The normalized spacial score (nSPS) is 11.2. The summed E-state index contributed by atoms with van der Waals surface area (Å²) in [7, 11) is 9.76. The fourth-order valence-corrected chi connectivity index (χ4v) is 2.27. The van der Waals surface area contributed by atoms with E-state index in [1.165, 1.54) is 11.3 Å². The molecule has 0 heterocycles. The zero-order valence-electron chi connectivity index (χ0n) is 16.2. The molecule has 0 aliphatic heterocycles. The summed E-state index contributed by atoms with van der Waals surface area (Å²) < 4.78 is 5.07. The van der Waals surface area contributed by atoms with Gasteiger partial charge in [0.15, 0.2) is 5.96 Å². The molecule has 0 aliphatic carbocycles.